The summed E-state index contributed by atoms with van der Waals surface area (Å²) in [4.78, 5) is 6.62. The number of hydrogen-bond acceptors (Lipinski definition) is 5. The molecule has 0 unspecified atom stereocenters. The second-order valence-electron chi connectivity index (χ2n) is 5.86. The van der Waals surface area contributed by atoms with Crippen LogP contribution in [0.1, 0.15) is 0 Å². The van der Waals surface area contributed by atoms with Crippen molar-refractivity contribution in [3.05, 3.63) is 30.5 Å². The Morgan fingerprint density at radius 1 is 1.12 bits per heavy atom. The van der Waals surface area contributed by atoms with Crippen LogP contribution in [0.4, 0.5) is 5.69 Å². The number of fused-ring (bicyclic) bond motifs is 1. The standard InChI is InChI=1S/C16H22N4O3S/c1-18(2)24(21,22)20-11-9-19(10-12-20)14-7-8-17-16-13(14)5-4-6-15(16)23-3/h4-8H,9-12H2,1-3H3. The van der Waals surface area contributed by atoms with Crippen molar-refractivity contribution in [1.82, 2.24) is 13.6 Å². The Bertz CT molecular complexity index is 830. The van der Waals surface area contributed by atoms with E-state index in [1.54, 1.807) is 27.4 Å². The Morgan fingerprint density at radius 2 is 1.83 bits per heavy atom. The van der Waals surface area contributed by atoms with Gasteiger partial charge in [0.2, 0.25) is 0 Å². The third kappa shape index (κ3) is 2.92. The second-order valence-corrected chi connectivity index (χ2v) is 8.01. The molecule has 8 heteroatoms. The van der Waals surface area contributed by atoms with E-state index in [0.29, 0.717) is 26.2 Å². The van der Waals surface area contributed by atoms with Gasteiger partial charge in [0.1, 0.15) is 11.3 Å². The molecule has 1 aliphatic rings. The SMILES string of the molecule is COc1cccc2c(N3CCN(S(=O)(=O)N(C)C)CC3)ccnc12. The molecule has 0 N–H and O–H groups in total. The fourth-order valence-corrected chi connectivity index (χ4v) is 4.05. The summed E-state index contributed by atoms with van der Waals surface area (Å²) in [6.45, 7) is 2.22. The summed E-state index contributed by atoms with van der Waals surface area (Å²) < 4.78 is 32.6. The predicted molar refractivity (Wildman–Crippen MR) is 94.7 cm³/mol. The van der Waals surface area contributed by atoms with Crippen molar-refractivity contribution < 1.29 is 13.2 Å². The third-order valence-electron chi connectivity index (χ3n) is 4.30. The number of hydrogen-bond donors (Lipinski definition) is 0. The predicted octanol–water partition coefficient (Wildman–Crippen LogP) is 1.17. The summed E-state index contributed by atoms with van der Waals surface area (Å²) in [5.74, 6) is 0.739. The van der Waals surface area contributed by atoms with E-state index in [1.807, 2.05) is 24.3 Å². The summed E-state index contributed by atoms with van der Waals surface area (Å²) in [6.07, 6.45) is 1.77. The maximum atomic E-state index is 12.2. The first-order valence-corrected chi connectivity index (χ1v) is 9.19. The van der Waals surface area contributed by atoms with E-state index in [4.69, 9.17) is 4.74 Å². The fourth-order valence-electron chi connectivity index (χ4n) is 2.97. The molecule has 0 radical (unpaired) electrons. The number of anilines is 1. The number of rotatable bonds is 4. The minimum absolute atomic E-state index is 0.467. The highest BCUT2D eigenvalue weighted by Crippen LogP contribution is 2.31. The van der Waals surface area contributed by atoms with Crippen LogP contribution in [0.2, 0.25) is 0 Å². The van der Waals surface area contributed by atoms with Crippen LogP contribution in [-0.4, -0.2) is 69.4 Å². The first-order valence-electron chi connectivity index (χ1n) is 7.79. The van der Waals surface area contributed by atoms with Crippen molar-refractivity contribution in [2.45, 2.75) is 0 Å². The molecule has 0 amide bonds. The van der Waals surface area contributed by atoms with Crippen LogP contribution in [0, 0.1) is 0 Å². The minimum Gasteiger partial charge on any atom is -0.494 e. The number of pyridine rings is 1. The van der Waals surface area contributed by atoms with Crippen molar-refractivity contribution >= 4 is 26.8 Å². The highest BCUT2D eigenvalue weighted by atomic mass is 32.2. The molecule has 2 aromatic rings. The molecule has 1 saturated heterocycles. The highest BCUT2D eigenvalue weighted by molar-refractivity contribution is 7.86. The second kappa shape index (κ2) is 6.54. The summed E-state index contributed by atoms with van der Waals surface area (Å²) in [5.41, 5.74) is 1.88. The average Bonchev–Trinajstić information content (AvgIpc) is 2.60. The van der Waals surface area contributed by atoms with Gasteiger partial charge in [-0.1, -0.05) is 12.1 Å². The van der Waals surface area contributed by atoms with Gasteiger partial charge in [0.05, 0.1) is 7.11 Å². The molecule has 0 bridgehead atoms. The summed E-state index contributed by atoms with van der Waals surface area (Å²) in [6, 6.07) is 7.82. The number of benzene rings is 1. The number of para-hydroxylation sites is 1. The molecule has 0 aliphatic carbocycles. The van der Waals surface area contributed by atoms with Gasteiger partial charge in [-0.3, -0.25) is 4.98 Å². The molecule has 0 saturated carbocycles. The van der Waals surface area contributed by atoms with Crippen LogP contribution in [0.25, 0.3) is 10.9 Å². The van der Waals surface area contributed by atoms with Crippen LogP contribution in [0.3, 0.4) is 0 Å². The molecule has 1 aliphatic heterocycles. The van der Waals surface area contributed by atoms with Gasteiger partial charge in [-0.15, -0.1) is 0 Å². The van der Waals surface area contributed by atoms with Gasteiger partial charge in [-0.05, 0) is 12.1 Å². The maximum absolute atomic E-state index is 12.2. The first kappa shape index (κ1) is 16.9. The van der Waals surface area contributed by atoms with Crippen molar-refractivity contribution in [2.75, 3.05) is 52.3 Å². The number of piperazine rings is 1. The van der Waals surface area contributed by atoms with Crippen molar-refractivity contribution in [3.8, 4) is 5.75 Å². The lowest BCUT2D eigenvalue weighted by molar-refractivity contribution is 0.356. The normalized spacial score (nSPS) is 16.8. The van der Waals surface area contributed by atoms with E-state index in [9.17, 15) is 8.42 Å². The molecule has 1 fully saturated rings. The monoisotopic (exact) mass is 350 g/mol. The highest BCUT2D eigenvalue weighted by Gasteiger charge is 2.29. The van der Waals surface area contributed by atoms with Crippen LogP contribution >= 0.6 is 0 Å². The van der Waals surface area contributed by atoms with E-state index >= 15 is 0 Å². The number of methoxy groups -OCH3 is 1. The topological polar surface area (TPSA) is 66.0 Å². The lowest BCUT2D eigenvalue weighted by Crippen LogP contribution is -2.51. The Morgan fingerprint density at radius 3 is 2.46 bits per heavy atom. The van der Waals surface area contributed by atoms with Gasteiger partial charge in [-0.2, -0.15) is 17.0 Å². The van der Waals surface area contributed by atoms with Gasteiger partial charge >= 0.3 is 0 Å². The molecule has 3 rings (SSSR count). The Balaban J connectivity index is 1.87. The van der Waals surface area contributed by atoms with E-state index < -0.39 is 10.2 Å². The molecule has 1 aromatic carbocycles. The number of ether oxygens (including phenoxy) is 1. The zero-order valence-electron chi connectivity index (χ0n) is 14.1. The molecule has 1 aromatic heterocycles. The summed E-state index contributed by atoms with van der Waals surface area (Å²) in [5, 5.41) is 1.01. The summed E-state index contributed by atoms with van der Waals surface area (Å²) in [7, 11) is 1.40. The largest absolute Gasteiger partial charge is 0.494 e. The zero-order chi connectivity index (χ0) is 17.3. The molecule has 7 nitrogen and oxygen atoms in total. The van der Waals surface area contributed by atoms with Crippen LogP contribution in [-0.2, 0) is 10.2 Å². The first-order chi connectivity index (χ1) is 11.4. The van der Waals surface area contributed by atoms with E-state index in [0.717, 1.165) is 22.3 Å². The smallest absolute Gasteiger partial charge is 0.281 e. The Labute approximate surface area is 142 Å². The molecule has 24 heavy (non-hydrogen) atoms. The zero-order valence-corrected chi connectivity index (χ0v) is 15.0. The molecule has 0 atom stereocenters. The van der Waals surface area contributed by atoms with Gasteiger partial charge in [0.15, 0.2) is 0 Å². The van der Waals surface area contributed by atoms with Gasteiger partial charge in [-0.25, -0.2) is 0 Å². The molecule has 130 valence electrons. The van der Waals surface area contributed by atoms with Crippen LogP contribution in [0.5, 0.6) is 5.75 Å². The van der Waals surface area contributed by atoms with Crippen LogP contribution < -0.4 is 9.64 Å². The Kier molecular flexibility index (Phi) is 4.62. The van der Waals surface area contributed by atoms with E-state index in [1.165, 1.54) is 8.61 Å². The van der Waals surface area contributed by atoms with Gasteiger partial charge in [0, 0.05) is 57.5 Å². The lowest BCUT2D eigenvalue weighted by atomic mass is 10.1. The molecular weight excluding hydrogens is 328 g/mol. The van der Waals surface area contributed by atoms with Gasteiger partial charge in [0.25, 0.3) is 10.2 Å². The Hall–Kier alpha value is -1.90. The molecule has 0 spiro atoms. The van der Waals surface area contributed by atoms with Crippen molar-refractivity contribution in [1.29, 1.82) is 0 Å². The number of nitrogens with zero attached hydrogens (tertiary/aromatic N) is 4. The van der Waals surface area contributed by atoms with Crippen molar-refractivity contribution in [3.63, 3.8) is 0 Å². The quantitative estimate of drug-likeness (QED) is 0.828. The van der Waals surface area contributed by atoms with Gasteiger partial charge < -0.3 is 9.64 Å². The third-order valence-corrected chi connectivity index (χ3v) is 6.24. The minimum atomic E-state index is -3.35. The number of aromatic nitrogens is 1. The average molecular weight is 350 g/mol. The van der Waals surface area contributed by atoms with E-state index in [-0.39, 0.29) is 0 Å². The van der Waals surface area contributed by atoms with E-state index in [2.05, 4.69) is 9.88 Å². The van der Waals surface area contributed by atoms with Crippen LogP contribution in [0.15, 0.2) is 30.5 Å². The molecule has 2 heterocycles. The molecular formula is C16H22N4O3S. The fraction of sp³-hybridized carbons (Fsp3) is 0.438. The lowest BCUT2D eigenvalue weighted by Gasteiger charge is -2.36. The maximum Gasteiger partial charge on any atom is 0.281 e. The van der Waals surface area contributed by atoms with Crippen molar-refractivity contribution in [2.24, 2.45) is 0 Å². The summed E-state index contributed by atoms with van der Waals surface area (Å²) >= 11 is 0.